The molecule has 1 heterocycles. The van der Waals surface area contributed by atoms with E-state index in [-0.39, 0.29) is 0 Å². The Morgan fingerprint density at radius 2 is 2.17 bits per heavy atom. The van der Waals surface area contributed by atoms with E-state index in [1.807, 2.05) is 0 Å². The average Bonchev–Trinajstić information content (AvgIpc) is 2.39. The van der Waals surface area contributed by atoms with Crippen molar-refractivity contribution in [2.24, 2.45) is 5.92 Å². The predicted octanol–water partition coefficient (Wildman–Crippen LogP) is 2.25. The van der Waals surface area contributed by atoms with Crippen LogP contribution >= 0.6 is 0 Å². The Hall–Kier alpha value is -1.26. The van der Waals surface area contributed by atoms with Crippen LogP contribution in [0.1, 0.15) is 45.4 Å². The molecule has 1 saturated carbocycles. The van der Waals surface area contributed by atoms with E-state index in [1.165, 1.54) is 4.90 Å². The van der Waals surface area contributed by atoms with Crippen LogP contribution in [0.2, 0.25) is 0 Å². The third kappa shape index (κ3) is 2.18. The Kier molecular flexibility index (Phi) is 3.78. The van der Waals surface area contributed by atoms with Crippen LogP contribution < -0.4 is 0 Å². The molecule has 2 aliphatic rings. The summed E-state index contributed by atoms with van der Waals surface area (Å²) >= 11 is 0. The first-order chi connectivity index (χ1) is 8.60. The van der Waals surface area contributed by atoms with E-state index in [0.29, 0.717) is 31.9 Å². The molecule has 0 atom stereocenters. The van der Waals surface area contributed by atoms with Gasteiger partial charge in [-0.2, -0.15) is 0 Å². The maximum Gasteiger partial charge on any atom is 0.410 e. The van der Waals surface area contributed by atoms with Gasteiger partial charge in [0.25, 0.3) is 0 Å². The van der Waals surface area contributed by atoms with Crippen molar-refractivity contribution in [2.75, 3.05) is 13.2 Å². The Morgan fingerprint density at radius 3 is 2.67 bits per heavy atom. The molecule has 2 fully saturated rings. The maximum atomic E-state index is 11.8. The molecule has 102 valence electrons. The second-order valence-electron chi connectivity index (χ2n) is 5.31. The highest BCUT2D eigenvalue weighted by molar-refractivity contribution is 5.84. The second-order valence-corrected chi connectivity index (χ2v) is 5.31. The Labute approximate surface area is 107 Å². The summed E-state index contributed by atoms with van der Waals surface area (Å²) in [6, 6.07) is 0. The number of hydrogen-bond acceptors (Lipinski definition) is 3. The monoisotopic (exact) mass is 255 g/mol. The van der Waals surface area contributed by atoms with Crippen molar-refractivity contribution in [1.29, 1.82) is 0 Å². The van der Waals surface area contributed by atoms with Gasteiger partial charge >= 0.3 is 12.1 Å². The zero-order valence-electron chi connectivity index (χ0n) is 10.9. The van der Waals surface area contributed by atoms with Gasteiger partial charge in [0.2, 0.25) is 0 Å². The van der Waals surface area contributed by atoms with E-state index >= 15 is 0 Å². The van der Waals surface area contributed by atoms with Crippen LogP contribution in [0.25, 0.3) is 0 Å². The molecule has 0 bridgehead atoms. The van der Waals surface area contributed by atoms with Crippen LogP contribution in [0.4, 0.5) is 4.79 Å². The number of amides is 1. The van der Waals surface area contributed by atoms with Crippen molar-refractivity contribution in [2.45, 2.75) is 51.0 Å². The van der Waals surface area contributed by atoms with E-state index in [2.05, 4.69) is 6.92 Å². The topological polar surface area (TPSA) is 66.8 Å². The lowest BCUT2D eigenvalue weighted by atomic mass is 9.74. The fraction of sp³-hybridized carbons (Fsp3) is 0.846. The maximum absolute atomic E-state index is 11.8. The molecule has 0 unspecified atom stereocenters. The fourth-order valence-corrected chi connectivity index (χ4v) is 3.10. The largest absolute Gasteiger partial charge is 0.479 e. The van der Waals surface area contributed by atoms with Crippen molar-refractivity contribution in [3.8, 4) is 0 Å². The normalized spacial score (nSPS) is 33.1. The van der Waals surface area contributed by atoms with E-state index in [4.69, 9.17) is 4.74 Å². The summed E-state index contributed by atoms with van der Waals surface area (Å²) in [6.07, 6.45) is 4.21. The molecule has 0 spiro atoms. The lowest BCUT2D eigenvalue weighted by Crippen LogP contribution is -2.60. The molecule has 0 aromatic rings. The second kappa shape index (κ2) is 5.16. The van der Waals surface area contributed by atoms with E-state index in [9.17, 15) is 14.7 Å². The number of ether oxygens (including phenoxy) is 1. The lowest BCUT2D eigenvalue weighted by Gasteiger charge is -2.45. The summed E-state index contributed by atoms with van der Waals surface area (Å²) < 4.78 is 5.00. The molecule has 18 heavy (non-hydrogen) atoms. The molecule has 2 rings (SSSR count). The number of carboxylic acid groups (broad SMARTS) is 1. The summed E-state index contributed by atoms with van der Waals surface area (Å²) in [5.41, 5.74) is -1.02. The number of cyclic esters (lactones) is 1. The zero-order chi connectivity index (χ0) is 13.2. The first kappa shape index (κ1) is 13.2. The minimum absolute atomic E-state index is 0.405. The van der Waals surface area contributed by atoms with Crippen molar-refractivity contribution in [1.82, 2.24) is 4.90 Å². The third-order valence-electron chi connectivity index (χ3n) is 4.40. The molecule has 1 amide bonds. The van der Waals surface area contributed by atoms with E-state index in [0.717, 1.165) is 25.7 Å². The number of rotatable bonds is 3. The summed E-state index contributed by atoms with van der Waals surface area (Å²) in [4.78, 5) is 24.9. The van der Waals surface area contributed by atoms with Crippen molar-refractivity contribution >= 4 is 12.1 Å². The molecule has 1 aliphatic carbocycles. The predicted molar refractivity (Wildman–Crippen MR) is 65.3 cm³/mol. The number of nitrogens with zero attached hydrogens (tertiary/aromatic N) is 1. The SMILES string of the molecule is CCC1CCC(C(=O)O)(N2CCCOC2=O)CC1. The molecule has 1 saturated heterocycles. The molecule has 1 aliphatic heterocycles. The minimum atomic E-state index is -1.02. The molecule has 0 aromatic carbocycles. The van der Waals surface area contributed by atoms with E-state index in [1.54, 1.807) is 0 Å². The van der Waals surface area contributed by atoms with Crippen LogP contribution in [-0.4, -0.2) is 40.8 Å². The van der Waals surface area contributed by atoms with Crippen LogP contribution in [0.3, 0.4) is 0 Å². The number of aliphatic carboxylic acids is 1. The highest BCUT2D eigenvalue weighted by Crippen LogP contribution is 2.39. The van der Waals surface area contributed by atoms with Gasteiger partial charge in [0.1, 0.15) is 5.54 Å². The van der Waals surface area contributed by atoms with Crippen LogP contribution in [0.5, 0.6) is 0 Å². The summed E-state index contributed by atoms with van der Waals surface area (Å²) in [6.45, 7) is 3.04. The first-order valence-corrected chi connectivity index (χ1v) is 6.78. The zero-order valence-corrected chi connectivity index (χ0v) is 10.9. The van der Waals surface area contributed by atoms with E-state index < -0.39 is 17.6 Å². The highest BCUT2D eigenvalue weighted by atomic mass is 16.6. The molecule has 5 nitrogen and oxygen atoms in total. The molecular weight excluding hydrogens is 234 g/mol. The van der Waals surface area contributed by atoms with Gasteiger partial charge in [0, 0.05) is 6.54 Å². The summed E-state index contributed by atoms with van der Waals surface area (Å²) in [7, 11) is 0. The smallest absolute Gasteiger partial charge is 0.410 e. The lowest BCUT2D eigenvalue weighted by molar-refractivity contribution is -0.155. The molecule has 0 radical (unpaired) electrons. The van der Waals surface area contributed by atoms with Gasteiger partial charge in [-0.3, -0.25) is 4.90 Å². The first-order valence-electron chi connectivity index (χ1n) is 6.78. The Bertz CT molecular complexity index is 334. The molecule has 1 N–H and O–H groups in total. The fourth-order valence-electron chi connectivity index (χ4n) is 3.10. The van der Waals surface area contributed by atoms with Crippen LogP contribution in [-0.2, 0) is 9.53 Å². The highest BCUT2D eigenvalue weighted by Gasteiger charge is 2.49. The number of hydrogen-bond donors (Lipinski definition) is 1. The molecular formula is C13H21NO4. The van der Waals surface area contributed by atoms with Gasteiger partial charge in [0.15, 0.2) is 0 Å². The van der Waals surface area contributed by atoms with Gasteiger partial charge in [-0.25, -0.2) is 9.59 Å². The van der Waals surface area contributed by atoms with Crippen LogP contribution in [0, 0.1) is 5.92 Å². The van der Waals surface area contributed by atoms with Gasteiger partial charge in [0.05, 0.1) is 6.61 Å². The minimum Gasteiger partial charge on any atom is -0.479 e. The number of carbonyl (C=O) groups excluding carboxylic acids is 1. The van der Waals surface area contributed by atoms with Gasteiger partial charge in [-0.05, 0) is 38.0 Å². The standard InChI is InChI=1S/C13H21NO4/c1-2-10-4-6-13(7-5-10,11(15)16)14-8-3-9-18-12(14)17/h10H,2-9H2,1H3,(H,15,16). The van der Waals surface area contributed by atoms with Gasteiger partial charge < -0.3 is 9.84 Å². The van der Waals surface area contributed by atoms with Crippen molar-refractivity contribution in [3.05, 3.63) is 0 Å². The quantitative estimate of drug-likeness (QED) is 0.840. The Balaban J connectivity index is 2.17. The Morgan fingerprint density at radius 1 is 1.50 bits per heavy atom. The summed E-state index contributed by atoms with van der Waals surface area (Å²) in [5, 5.41) is 9.57. The molecule has 0 aromatic heterocycles. The molecule has 5 heteroatoms. The average molecular weight is 255 g/mol. The third-order valence-corrected chi connectivity index (χ3v) is 4.40. The number of carbonyl (C=O) groups is 2. The number of carboxylic acids is 1. The van der Waals surface area contributed by atoms with Gasteiger partial charge in [-0.1, -0.05) is 13.3 Å². The van der Waals surface area contributed by atoms with Crippen molar-refractivity contribution in [3.63, 3.8) is 0 Å². The van der Waals surface area contributed by atoms with Gasteiger partial charge in [-0.15, -0.1) is 0 Å². The summed E-state index contributed by atoms with van der Waals surface area (Å²) in [5.74, 6) is -0.283. The van der Waals surface area contributed by atoms with Crippen LogP contribution in [0.15, 0.2) is 0 Å². The van der Waals surface area contributed by atoms with Crippen molar-refractivity contribution < 1.29 is 19.4 Å².